The molecule has 2 fully saturated rings. The molecule has 1 aromatic carbocycles. The average Bonchev–Trinajstić information content (AvgIpc) is 3.13. The fraction of sp³-hybridized carbons (Fsp3) is 0.500. The number of hydrogen-bond donors (Lipinski definition) is 2. The molecular formula is C18H24N4O. The Hall–Kier alpha value is -2.01. The Morgan fingerprint density at radius 3 is 2.96 bits per heavy atom. The van der Waals surface area contributed by atoms with E-state index in [1.54, 1.807) is 0 Å². The van der Waals surface area contributed by atoms with E-state index in [9.17, 15) is 4.79 Å². The number of hydrogen-bond acceptors (Lipinski definition) is 2. The lowest BCUT2D eigenvalue weighted by Gasteiger charge is -2.25. The number of fused-ring (bicyclic) bond motifs is 1. The molecule has 1 aliphatic heterocycles. The van der Waals surface area contributed by atoms with E-state index < -0.39 is 0 Å². The Balaban J connectivity index is 1.45. The first-order valence-electron chi connectivity index (χ1n) is 8.51. The molecule has 2 aliphatic rings. The minimum atomic E-state index is 0.0990. The van der Waals surface area contributed by atoms with E-state index in [-0.39, 0.29) is 6.03 Å². The van der Waals surface area contributed by atoms with Gasteiger partial charge in [-0.1, -0.05) is 6.07 Å². The Morgan fingerprint density at radius 2 is 2.22 bits per heavy atom. The summed E-state index contributed by atoms with van der Waals surface area (Å²) < 4.78 is 0. The first kappa shape index (κ1) is 14.6. The van der Waals surface area contributed by atoms with Crippen molar-refractivity contribution in [3.63, 3.8) is 0 Å². The van der Waals surface area contributed by atoms with Crippen molar-refractivity contribution in [2.45, 2.75) is 37.9 Å². The number of aromatic amines is 1. The summed E-state index contributed by atoms with van der Waals surface area (Å²) >= 11 is 0. The Kier molecular flexibility index (Phi) is 3.73. The van der Waals surface area contributed by atoms with Crippen LogP contribution in [-0.4, -0.2) is 53.0 Å². The Morgan fingerprint density at radius 1 is 1.35 bits per heavy atom. The lowest BCUT2D eigenvalue weighted by molar-refractivity contribution is 0.188. The number of likely N-dealkylation sites (N-methyl/N-ethyl adjacent to an activating group) is 1. The highest BCUT2D eigenvalue weighted by Gasteiger charge is 2.34. The van der Waals surface area contributed by atoms with E-state index in [4.69, 9.17) is 0 Å². The molecule has 0 radical (unpaired) electrons. The summed E-state index contributed by atoms with van der Waals surface area (Å²) in [4.78, 5) is 20.2. The smallest absolute Gasteiger partial charge is 0.318 e. The zero-order valence-electron chi connectivity index (χ0n) is 13.6. The number of benzene rings is 1. The van der Waals surface area contributed by atoms with Crippen molar-refractivity contribution in [2.24, 2.45) is 0 Å². The summed E-state index contributed by atoms with van der Waals surface area (Å²) in [6.45, 7) is 2.72. The fourth-order valence-corrected chi connectivity index (χ4v) is 3.46. The molecule has 1 aromatic heterocycles. The third kappa shape index (κ3) is 3.20. The van der Waals surface area contributed by atoms with Gasteiger partial charge in [-0.15, -0.1) is 0 Å². The number of carbonyl (C=O) groups is 1. The predicted octanol–water partition coefficient (Wildman–Crippen LogP) is 2.55. The van der Waals surface area contributed by atoms with Crippen LogP contribution in [0.15, 0.2) is 30.5 Å². The van der Waals surface area contributed by atoms with Gasteiger partial charge in [0.15, 0.2) is 0 Å². The van der Waals surface area contributed by atoms with E-state index in [1.807, 2.05) is 11.1 Å². The quantitative estimate of drug-likeness (QED) is 0.911. The highest BCUT2D eigenvalue weighted by atomic mass is 16.2. The van der Waals surface area contributed by atoms with Crippen molar-refractivity contribution in [3.05, 3.63) is 36.0 Å². The van der Waals surface area contributed by atoms with Crippen LogP contribution in [0, 0.1) is 0 Å². The molecule has 5 heteroatoms. The van der Waals surface area contributed by atoms with Crippen molar-refractivity contribution < 1.29 is 4.79 Å². The third-order valence-electron chi connectivity index (χ3n) is 4.94. The minimum absolute atomic E-state index is 0.0990. The van der Waals surface area contributed by atoms with Crippen LogP contribution in [0.3, 0.4) is 0 Å². The van der Waals surface area contributed by atoms with Gasteiger partial charge in [-0.05, 0) is 62.0 Å². The number of H-pyrrole nitrogens is 1. The maximum Gasteiger partial charge on any atom is 0.318 e. The van der Waals surface area contributed by atoms with Gasteiger partial charge in [0, 0.05) is 36.9 Å². The Labute approximate surface area is 136 Å². The number of aromatic nitrogens is 1. The third-order valence-corrected chi connectivity index (χ3v) is 4.94. The van der Waals surface area contributed by atoms with Crippen LogP contribution in [0.1, 0.15) is 24.8 Å². The van der Waals surface area contributed by atoms with Crippen molar-refractivity contribution in [1.82, 2.24) is 20.1 Å². The number of likely N-dealkylation sites (tertiary alicyclic amines) is 1. The molecule has 1 aliphatic carbocycles. The molecule has 2 amide bonds. The number of rotatable bonds is 4. The maximum absolute atomic E-state index is 12.7. The first-order chi connectivity index (χ1) is 11.2. The van der Waals surface area contributed by atoms with Gasteiger partial charge in [0.1, 0.15) is 0 Å². The number of nitrogens with one attached hydrogen (secondary N) is 2. The predicted molar refractivity (Wildman–Crippen MR) is 91.3 cm³/mol. The Bertz CT molecular complexity index is 706. The summed E-state index contributed by atoms with van der Waals surface area (Å²) in [5, 5.41) is 4.43. The lowest BCUT2D eigenvalue weighted by atomic mass is 10.1. The van der Waals surface area contributed by atoms with Crippen LogP contribution in [0.2, 0.25) is 0 Å². The molecule has 2 heterocycles. The van der Waals surface area contributed by atoms with Gasteiger partial charge in [0.05, 0.1) is 0 Å². The molecule has 2 N–H and O–H groups in total. The van der Waals surface area contributed by atoms with Crippen LogP contribution in [-0.2, 0) is 6.54 Å². The summed E-state index contributed by atoms with van der Waals surface area (Å²) in [5.41, 5.74) is 2.34. The highest BCUT2D eigenvalue weighted by Crippen LogP contribution is 2.29. The number of amides is 2. The van der Waals surface area contributed by atoms with Crippen molar-refractivity contribution in [1.29, 1.82) is 0 Å². The lowest BCUT2D eigenvalue weighted by Crippen LogP contribution is -2.46. The van der Waals surface area contributed by atoms with E-state index in [0.29, 0.717) is 18.6 Å². The molecular weight excluding hydrogens is 288 g/mol. The van der Waals surface area contributed by atoms with Crippen LogP contribution in [0.25, 0.3) is 10.9 Å². The fourth-order valence-electron chi connectivity index (χ4n) is 3.46. The van der Waals surface area contributed by atoms with E-state index in [0.717, 1.165) is 37.9 Å². The summed E-state index contributed by atoms with van der Waals surface area (Å²) in [6.07, 6.45) is 5.27. The maximum atomic E-state index is 12.7. The zero-order valence-corrected chi connectivity index (χ0v) is 13.6. The zero-order chi connectivity index (χ0) is 15.8. The molecule has 4 rings (SSSR count). The molecule has 1 atom stereocenters. The van der Waals surface area contributed by atoms with Crippen LogP contribution in [0.5, 0.6) is 0 Å². The van der Waals surface area contributed by atoms with Crippen molar-refractivity contribution in [2.75, 3.05) is 20.1 Å². The second-order valence-electron chi connectivity index (χ2n) is 6.96. The normalized spacial score (nSPS) is 21.7. The molecule has 0 unspecified atom stereocenters. The topological polar surface area (TPSA) is 51.4 Å². The van der Waals surface area contributed by atoms with Gasteiger partial charge in [0.25, 0.3) is 0 Å². The van der Waals surface area contributed by atoms with Crippen molar-refractivity contribution >= 4 is 16.9 Å². The second-order valence-corrected chi connectivity index (χ2v) is 6.96. The highest BCUT2D eigenvalue weighted by molar-refractivity contribution is 5.80. The van der Waals surface area contributed by atoms with Gasteiger partial charge >= 0.3 is 6.03 Å². The van der Waals surface area contributed by atoms with Gasteiger partial charge in [-0.2, -0.15) is 0 Å². The molecule has 1 saturated carbocycles. The van der Waals surface area contributed by atoms with Crippen LogP contribution in [0.4, 0.5) is 4.79 Å². The number of urea groups is 1. The van der Waals surface area contributed by atoms with E-state index in [2.05, 4.69) is 46.5 Å². The molecule has 0 spiro atoms. The van der Waals surface area contributed by atoms with Gasteiger partial charge in [0.2, 0.25) is 0 Å². The molecule has 23 heavy (non-hydrogen) atoms. The molecule has 0 bridgehead atoms. The molecule has 1 saturated heterocycles. The summed E-state index contributed by atoms with van der Waals surface area (Å²) in [6, 6.07) is 9.27. The van der Waals surface area contributed by atoms with Crippen molar-refractivity contribution in [3.8, 4) is 0 Å². The SMILES string of the molecule is CN1CC[C@H](NC(=O)N(Cc2ccc3[nH]ccc3c2)C2CC2)C1. The largest absolute Gasteiger partial charge is 0.361 e. The van der Waals surface area contributed by atoms with Gasteiger partial charge in [-0.25, -0.2) is 4.79 Å². The molecule has 5 nitrogen and oxygen atoms in total. The van der Waals surface area contributed by atoms with Crippen LogP contribution < -0.4 is 5.32 Å². The summed E-state index contributed by atoms with van der Waals surface area (Å²) in [5.74, 6) is 0. The van der Waals surface area contributed by atoms with Gasteiger partial charge in [-0.3, -0.25) is 0 Å². The second kappa shape index (κ2) is 5.89. The van der Waals surface area contributed by atoms with Crippen LogP contribution >= 0.6 is 0 Å². The summed E-state index contributed by atoms with van der Waals surface area (Å²) in [7, 11) is 2.11. The van der Waals surface area contributed by atoms with E-state index in [1.165, 1.54) is 10.9 Å². The standard InChI is InChI=1S/C18H24N4O/c1-21-9-7-15(12-21)20-18(23)22(16-3-4-16)11-13-2-5-17-14(10-13)6-8-19-17/h2,5-6,8,10,15-16,19H,3-4,7,9,11-12H2,1H3,(H,20,23)/t15-/m0/s1. The van der Waals surface area contributed by atoms with Gasteiger partial charge < -0.3 is 20.1 Å². The van der Waals surface area contributed by atoms with E-state index >= 15 is 0 Å². The average molecular weight is 312 g/mol. The number of carbonyl (C=O) groups excluding carboxylic acids is 1. The molecule has 122 valence electrons. The minimum Gasteiger partial charge on any atom is -0.361 e. The monoisotopic (exact) mass is 312 g/mol. The first-order valence-corrected chi connectivity index (χ1v) is 8.51. The molecule has 2 aromatic rings. The number of nitrogens with zero attached hydrogens (tertiary/aromatic N) is 2.